The molecule has 0 radical (unpaired) electrons. The molecule has 0 saturated carbocycles. The highest BCUT2D eigenvalue weighted by molar-refractivity contribution is 7.89. The SMILES string of the molecule is CCNS(=O)(=O)c1ccc(F)c(C(=O)Nc2ccc(C3(CC)CCC(=O)NC3=O)cc2)c1. The van der Waals surface area contributed by atoms with Crippen LogP contribution in [-0.4, -0.2) is 32.7 Å². The highest BCUT2D eigenvalue weighted by Gasteiger charge is 2.42. The van der Waals surface area contributed by atoms with Crippen LogP contribution in [0.25, 0.3) is 0 Å². The summed E-state index contributed by atoms with van der Waals surface area (Å²) < 4.78 is 40.8. The summed E-state index contributed by atoms with van der Waals surface area (Å²) >= 11 is 0. The lowest BCUT2D eigenvalue weighted by Gasteiger charge is -2.35. The Morgan fingerprint density at radius 3 is 2.41 bits per heavy atom. The van der Waals surface area contributed by atoms with Gasteiger partial charge in [-0.2, -0.15) is 0 Å². The van der Waals surface area contributed by atoms with Gasteiger partial charge in [0.15, 0.2) is 0 Å². The number of hydrogen-bond acceptors (Lipinski definition) is 5. The molecule has 1 aliphatic rings. The van der Waals surface area contributed by atoms with Crippen molar-refractivity contribution < 1.29 is 27.2 Å². The summed E-state index contributed by atoms with van der Waals surface area (Å²) in [7, 11) is -3.85. The lowest BCUT2D eigenvalue weighted by molar-refractivity contribution is -0.138. The van der Waals surface area contributed by atoms with Crippen LogP contribution in [0, 0.1) is 5.82 Å². The molecule has 3 amide bonds. The van der Waals surface area contributed by atoms with Crippen LogP contribution in [0.3, 0.4) is 0 Å². The third-order valence-electron chi connectivity index (χ3n) is 5.59. The van der Waals surface area contributed by atoms with E-state index < -0.39 is 32.7 Å². The maximum atomic E-state index is 14.2. The van der Waals surface area contributed by atoms with Crippen molar-refractivity contribution in [1.82, 2.24) is 10.0 Å². The van der Waals surface area contributed by atoms with Gasteiger partial charge in [-0.1, -0.05) is 26.0 Å². The number of carbonyl (C=O) groups is 3. The second-order valence-corrected chi connectivity index (χ2v) is 9.25. The summed E-state index contributed by atoms with van der Waals surface area (Å²) in [6.45, 7) is 3.62. The number of carbonyl (C=O) groups excluding carboxylic acids is 3. The van der Waals surface area contributed by atoms with Crippen molar-refractivity contribution in [3.8, 4) is 0 Å². The van der Waals surface area contributed by atoms with Gasteiger partial charge in [-0.3, -0.25) is 19.7 Å². The zero-order valence-electron chi connectivity index (χ0n) is 17.7. The number of benzene rings is 2. The molecular weight excluding hydrogens is 437 g/mol. The predicted molar refractivity (Wildman–Crippen MR) is 116 cm³/mol. The van der Waals surface area contributed by atoms with Gasteiger partial charge in [-0.05, 0) is 48.7 Å². The Bertz CT molecular complexity index is 1160. The van der Waals surface area contributed by atoms with Crippen LogP contribution in [0.15, 0.2) is 47.4 Å². The Kier molecular flexibility index (Phi) is 6.75. The van der Waals surface area contributed by atoms with Crippen molar-refractivity contribution in [3.05, 3.63) is 59.4 Å². The summed E-state index contributed by atoms with van der Waals surface area (Å²) in [4.78, 5) is 36.4. The molecule has 1 fully saturated rings. The largest absolute Gasteiger partial charge is 0.322 e. The molecule has 0 aliphatic carbocycles. The van der Waals surface area contributed by atoms with Crippen molar-refractivity contribution in [2.45, 2.75) is 43.4 Å². The lowest BCUT2D eigenvalue weighted by atomic mass is 9.72. The molecule has 10 heteroatoms. The molecule has 1 atom stereocenters. The molecule has 1 aliphatic heterocycles. The minimum Gasteiger partial charge on any atom is -0.322 e. The Hall–Kier alpha value is -3.11. The van der Waals surface area contributed by atoms with E-state index >= 15 is 0 Å². The predicted octanol–water partition coefficient (Wildman–Crippen LogP) is 2.46. The summed E-state index contributed by atoms with van der Waals surface area (Å²) in [5.41, 5.74) is -0.204. The van der Waals surface area contributed by atoms with Gasteiger partial charge in [-0.15, -0.1) is 0 Å². The molecule has 8 nitrogen and oxygen atoms in total. The van der Waals surface area contributed by atoms with E-state index in [1.54, 1.807) is 31.2 Å². The summed E-state index contributed by atoms with van der Waals surface area (Å²) in [5.74, 6) is -2.32. The third-order valence-corrected chi connectivity index (χ3v) is 7.14. The van der Waals surface area contributed by atoms with Gasteiger partial charge >= 0.3 is 0 Å². The molecule has 0 bridgehead atoms. The maximum absolute atomic E-state index is 14.2. The quantitative estimate of drug-likeness (QED) is 0.547. The van der Waals surface area contributed by atoms with Crippen molar-refractivity contribution in [2.75, 3.05) is 11.9 Å². The topological polar surface area (TPSA) is 121 Å². The lowest BCUT2D eigenvalue weighted by Crippen LogP contribution is -2.51. The van der Waals surface area contributed by atoms with Crippen molar-refractivity contribution in [2.24, 2.45) is 0 Å². The van der Waals surface area contributed by atoms with E-state index in [9.17, 15) is 27.2 Å². The number of imide groups is 1. The molecule has 3 N–H and O–H groups in total. The average molecular weight is 462 g/mol. The molecule has 3 rings (SSSR count). The number of halogens is 1. The fraction of sp³-hybridized carbons (Fsp3) is 0.318. The summed E-state index contributed by atoms with van der Waals surface area (Å²) in [6, 6.07) is 9.50. The van der Waals surface area contributed by atoms with Crippen LogP contribution in [0.4, 0.5) is 10.1 Å². The number of sulfonamides is 1. The van der Waals surface area contributed by atoms with E-state index in [2.05, 4.69) is 15.4 Å². The Balaban J connectivity index is 1.82. The van der Waals surface area contributed by atoms with Gasteiger partial charge in [0, 0.05) is 18.7 Å². The first-order chi connectivity index (χ1) is 15.1. The molecule has 170 valence electrons. The fourth-order valence-corrected chi connectivity index (χ4v) is 4.82. The molecule has 2 aromatic carbocycles. The summed E-state index contributed by atoms with van der Waals surface area (Å²) in [5, 5.41) is 4.92. The Morgan fingerprint density at radius 2 is 1.81 bits per heavy atom. The minimum absolute atomic E-state index is 0.152. The van der Waals surface area contributed by atoms with Crippen LogP contribution in [0.5, 0.6) is 0 Å². The molecule has 1 saturated heterocycles. The standard InChI is InChI=1S/C22H24FN3O5S/c1-3-22(12-11-19(27)26-21(22)29)14-5-7-15(8-6-14)25-20(28)17-13-16(9-10-18(17)23)32(30,31)24-4-2/h5-10,13,24H,3-4,11-12H2,1-2H3,(H,25,28)(H,26,27,29). The number of nitrogens with one attached hydrogen (secondary N) is 3. The molecule has 1 heterocycles. The number of piperidine rings is 1. The van der Waals surface area contributed by atoms with Crippen LogP contribution >= 0.6 is 0 Å². The number of amides is 3. The number of hydrogen-bond donors (Lipinski definition) is 3. The Morgan fingerprint density at radius 1 is 1.12 bits per heavy atom. The number of rotatable bonds is 7. The first-order valence-electron chi connectivity index (χ1n) is 10.2. The van der Waals surface area contributed by atoms with Crippen LogP contribution < -0.4 is 15.4 Å². The van der Waals surface area contributed by atoms with Gasteiger partial charge in [0.05, 0.1) is 15.9 Å². The molecule has 2 aromatic rings. The zero-order chi connectivity index (χ0) is 23.5. The van der Waals surface area contributed by atoms with E-state index in [0.717, 1.165) is 18.2 Å². The normalized spacial score (nSPS) is 18.8. The van der Waals surface area contributed by atoms with E-state index in [1.165, 1.54) is 0 Å². The minimum atomic E-state index is -3.85. The van der Waals surface area contributed by atoms with E-state index in [4.69, 9.17) is 0 Å². The monoisotopic (exact) mass is 461 g/mol. The zero-order valence-corrected chi connectivity index (χ0v) is 18.5. The molecule has 32 heavy (non-hydrogen) atoms. The van der Waals surface area contributed by atoms with Crippen LogP contribution in [0.2, 0.25) is 0 Å². The van der Waals surface area contributed by atoms with Gasteiger partial charge in [0.25, 0.3) is 5.91 Å². The molecular formula is C22H24FN3O5S. The molecule has 0 aromatic heterocycles. The highest BCUT2D eigenvalue weighted by Crippen LogP contribution is 2.36. The Labute approximate surface area is 185 Å². The molecule has 1 unspecified atom stereocenters. The smallest absolute Gasteiger partial charge is 0.258 e. The van der Waals surface area contributed by atoms with Crippen molar-refractivity contribution >= 4 is 33.4 Å². The average Bonchev–Trinajstić information content (AvgIpc) is 2.75. The number of anilines is 1. The summed E-state index contributed by atoms with van der Waals surface area (Å²) in [6.07, 6.45) is 1.12. The van der Waals surface area contributed by atoms with Gasteiger partial charge in [0.1, 0.15) is 5.82 Å². The molecule has 0 spiro atoms. The van der Waals surface area contributed by atoms with Crippen molar-refractivity contribution in [1.29, 1.82) is 0 Å². The van der Waals surface area contributed by atoms with Gasteiger partial charge < -0.3 is 5.32 Å². The van der Waals surface area contributed by atoms with Crippen LogP contribution in [0.1, 0.15) is 49.0 Å². The van der Waals surface area contributed by atoms with E-state index in [-0.39, 0.29) is 29.7 Å². The van der Waals surface area contributed by atoms with Gasteiger partial charge in [0.2, 0.25) is 21.8 Å². The first kappa shape index (κ1) is 23.6. The maximum Gasteiger partial charge on any atom is 0.258 e. The second kappa shape index (κ2) is 9.17. The highest BCUT2D eigenvalue weighted by atomic mass is 32.2. The van der Waals surface area contributed by atoms with Gasteiger partial charge in [-0.25, -0.2) is 17.5 Å². The van der Waals surface area contributed by atoms with E-state index in [1.807, 2.05) is 6.92 Å². The van der Waals surface area contributed by atoms with E-state index in [0.29, 0.717) is 24.1 Å². The second-order valence-electron chi connectivity index (χ2n) is 7.49. The van der Waals surface area contributed by atoms with Crippen molar-refractivity contribution in [3.63, 3.8) is 0 Å². The fourth-order valence-electron chi connectivity index (χ4n) is 3.76. The third kappa shape index (κ3) is 4.56. The van der Waals surface area contributed by atoms with Crippen LogP contribution in [-0.2, 0) is 25.0 Å². The first-order valence-corrected chi connectivity index (χ1v) is 11.7.